The first kappa shape index (κ1) is 11.2. The lowest BCUT2D eigenvalue weighted by Crippen LogP contribution is -2.32. The maximum atomic E-state index is 5.26. The molecule has 1 fully saturated rings. The van der Waals surface area contributed by atoms with Crippen molar-refractivity contribution >= 4 is 0 Å². The van der Waals surface area contributed by atoms with Crippen molar-refractivity contribution in [3.63, 3.8) is 0 Å². The van der Waals surface area contributed by atoms with Gasteiger partial charge in [0.15, 0.2) is 0 Å². The summed E-state index contributed by atoms with van der Waals surface area (Å²) in [5.41, 5.74) is 3.12. The molecule has 2 heteroatoms. The van der Waals surface area contributed by atoms with Crippen molar-refractivity contribution in [2.75, 3.05) is 20.3 Å². The van der Waals surface area contributed by atoms with Crippen molar-refractivity contribution in [3.8, 4) is 0 Å². The van der Waals surface area contributed by atoms with Gasteiger partial charge >= 0.3 is 0 Å². The van der Waals surface area contributed by atoms with Crippen molar-refractivity contribution in [2.24, 2.45) is 0 Å². The SMILES string of the molecule is COCCN(C1CC1)C1CCc2ccccc21. The van der Waals surface area contributed by atoms with Crippen molar-refractivity contribution in [1.29, 1.82) is 0 Å². The third-order valence-electron chi connectivity index (χ3n) is 4.07. The van der Waals surface area contributed by atoms with Gasteiger partial charge in [-0.15, -0.1) is 0 Å². The molecule has 3 rings (SSSR count). The van der Waals surface area contributed by atoms with Gasteiger partial charge in [-0.1, -0.05) is 24.3 Å². The summed E-state index contributed by atoms with van der Waals surface area (Å²) in [6.45, 7) is 1.94. The van der Waals surface area contributed by atoms with Crippen LogP contribution in [-0.4, -0.2) is 31.2 Å². The number of aryl methyl sites for hydroxylation is 1. The molecule has 0 amide bonds. The van der Waals surface area contributed by atoms with Gasteiger partial charge in [0.25, 0.3) is 0 Å². The van der Waals surface area contributed by atoms with Gasteiger partial charge in [-0.05, 0) is 36.8 Å². The van der Waals surface area contributed by atoms with Crippen LogP contribution in [0.15, 0.2) is 24.3 Å². The monoisotopic (exact) mass is 231 g/mol. The number of methoxy groups -OCH3 is 1. The van der Waals surface area contributed by atoms with E-state index in [4.69, 9.17) is 4.74 Å². The van der Waals surface area contributed by atoms with Crippen LogP contribution in [0.1, 0.15) is 36.4 Å². The van der Waals surface area contributed by atoms with E-state index in [0.717, 1.165) is 19.2 Å². The van der Waals surface area contributed by atoms with Crippen LogP contribution in [0.5, 0.6) is 0 Å². The van der Waals surface area contributed by atoms with Crippen LogP contribution in [0, 0.1) is 0 Å². The maximum absolute atomic E-state index is 5.26. The van der Waals surface area contributed by atoms with E-state index < -0.39 is 0 Å². The van der Waals surface area contributed by atoms with Crippen molar-refractivity contribution in [3.05, 3.63) is 35.4 Å². The van der Waals surface area contributed by atoms with Crippen LogP contribution >= 0.6 is 0 Å². The molecular weight excluding hydrogens is 210 g/mol. The summed E-state index contributed by atoms with van der Waals surface area (Å²) < 4.78 is 5.26. The Bertz CT molecular complexity index is 386. The summed E-state index contributed by atoms with van der Waals surface area (Å²) in [6, 6.07) is 10.4. The second kappa shape index (κ2) is 4.79. The van der Waals surface area contributed by atoms with Crippen LogP contribution in [0.3, 0.4) is 0 Å². The number of nitrogens with zero attached hydrogens (tertiary/aromatic N) is 1. The zero-order valence-electron chi connectivity index (χ0n) is 10.6. The van der Waals surface area contributed by atoms with Crippen LogP contribution in [0.25, 0.3) is 0 Å². The lowest BCUT2D eigenvalue weighted by molar-refractivity contribution is 0.113. The zero-order chi connectivity index (χ0) is 11.7. The highest BCUT2D eigenvalue weighted by Crippen LogP contribution is 2.41. The average Bonchev–Trinajstić information content (AvgIpc) is 3.11. The lowest BCUT2D eigenvalue weighted by atomic mass is 10.1. The normalized spacial score (nSPS) is 23.1. The van der Waals surface area contributed by atoms with E-state index in [9.17, 15) is 0 Å². The minimum atomic E-state index is 0.647. The number of rotatable bonds is 5. The Morgan fingerprint density at radius 1 is 1.24 bits per heavy atom. The van der Waals surface area contributed by atoms with Crippen LogP contribution in [0.2, 0.25) is 0 Å². The Hall–Kier alpha value is -0.860. The summed E-state index contributed by atoms with van der Waals surface area (Å²) in [5, 5.41) is 0. The number of ether oxygens (including phenoxy) is 1. The first-order chi connectivity index (χ1) is 8.40. The molecule has 1 aromatic carbocycles. The van der Waals surface area contributed by atoms with Gasteiger partial charge in [-0.2, -0.15) is 0 Å². The number of fused-ring (bicyclic) bond motifs is 1. The molecule has 0 bridgehead atoms. The fourth-order valence-electron chi connectivity index (χ4n) is 3.07. The van der Waals surface area contributed by atoms with Gasteiger partial charge in [0.05, 0.1) is 6.61 Å². The smallest absolute Gasteiger partial charge is 0.0590 e. The highest BCUT2D eigenvalue weighted by molar-refractivity contribution is 5.34. The third kappa shape index (κ3) is 2.24. The molecule has 1 unspecified atom stereocenters. The minimum Gasteiger partial charge on any atom is -0.383 e. The molecular formula is C15H21NO. The molecule has 0 spiro atoms. The standard InChI is InChI=1S/C15H21NO/c1-17-11-10-16(13-7-8-13)15-9-6-12-4-2-3-5-14(12)15/h2-5,13,15H,6-11H2,1H3. The van der Waals surface area contributed by atoms with Gasteiger partial charge in [0, 0.05) is 25.7 Å². The van der Waals surface area contributed by atoms with E-state index in [2.05, 4.69) is 29.2 Å². The quantitative estimate of drug-likeness (QED) is 0.772. The van der Waals surface area contributed by atoms with Gasteiger partial charge in [0.1, 0.15) is 0 Å². The first-order valence-electron chi connectivity index (χ1n) is 6.72. The molecule has 0 aliphatic heterocycles. The fraction of sp³-hybridized carbons (Fsp3) is 0.600. The molecule has 1 saturated carbocycles. The van der Waals surface area contributed by atoms with Crippen molar-refractivity contribution in [1.82, 2.24) is 4.90 Å². The number of hydrogen-bond acceptors (Lipinski definition) is 2. The lowest BCUT2D eigenvalue weighted by Gasteiger charge is -2.29. The molecule has 1 atom stereocenters. The molecule has 17 heavy (non-hydrogen) atoms. The molecule has 2 aliphatic rings. The Kier molecular flexibility index (Phi) is 3.17. The van der Waals surface area contributed by atoms with E-state index in [-0.39, 0.29) is 0 Å². The average molecular weight is 231 g/mol. The van der Waals surface area contributed by atoms with Gasteiger partial charge in [-0.25, -0.2) is 0 Å². The molecule has 0 radical (unpaired) electrons. The molecule has 1 aromatic rings. The largest absolute Gasteiger partial charge is 0.383 e. The van der Waals surface area contributed by atoms with Gasteiger partial charge in [-0.3, -0.25) is 4.90 Å². The van der Waals surface area contributed by atoms with Crippen LogP contribution < -0.4 is 0 Å². The molecule has 0 aromatic heterocycles. The van der Waals surface area contributed by atoms with Crippen LogP contribution in [-0.2, 0) is 11.2 Å². The molecule has 2 nitrogen and oxygen atoms in total. The number of hydrogen-bond donors (Lipinski definition) is 0. The fourth-order valence-corrected chi connectivity index (χ4v) is 3.07. The molecule has 92 valence electrons. The second-order valence-corrected chi connectivity index (χ2v) is 5.22. The highest BCUT2D eigenvalue weighted by atomic mass is 16.5. The summed E-state index contributed by atoms with van der Waals surface area (Å²) in [7, 11) is 1.80. The third-order valence-corrected chi connectivity index (χ3v) is 4.07. The molecule has 0 heterocycles. The van der Waals surface area contributed by atoms with E-state index in [0.29, 0.717) is 6.04 Å². The summed E-state index contributed by atoms with van der Waals surface area (Å²) in [5.74, 6) is 0. The molecule has 0 N–H and O–H groups in total. The topological polar surface area (TPSA) is 12.5 Å². The van der Waals surface area contributed by atoms with E-state index in [1.54, 1.807) is 18.2 Å². The zero-order valence-corrected chi connectivity index (χ0v) is 10.6. The van der Waals surface area contributed by atoms with Crippen molar-refractivity contribution < 1.29 is 4.74 Å². The van der Waals surface area contributed by atoms with Crippen molar-refractivity contribution in [2.45, 2.75) is 37.8 Å². The van der Waals surface area contributed by atoms with Gasteiger partial charge < -0.3 is 4.74 Å². The Balaban J connectivity index is 1.78. The predicted molar refractivity (Wildman–Crippen MR) is 69.1 cm³/mol. The Labute approximate surface area is 104 Å². The molecule has 2 aliphatic carbocycles. The predicted octanol–water partition coefficient (Wildman–Crippen LogP) is 2.78. The van der Waals surface area contributed by atoms with E-state index >= 15 is 0 Å². The summed E-state index contributed by atoms with van der Waals surface area (Å²) in [4.78, 5) is 2.68. The van der Waals surface area contributed by atoms with Crippen LogP contribution in [0.4, 0.5) is 0 Å². The second-order valence-electron chi connectivity index (χ2n) is 5.22. The molecule has 0 saturated heterocycles. The maximum Gasteiger partial charge on any atom is 0.0590 e. The Morgan fingerprint density at radius 3 is 2.82 bits per heavy atom. The van der Waals surface area contributed by atoms with E-state index in [1.807, 2.05) is 0 Å². The summed E-state index contributed by atoms with van der Waals surface area (Å²) >= 11 is 0. The first-order valence-corrected chi connectivity index (χ1v) is 6.72. The van der Waals surface area contributed by atoms with Gasteiger partial charge in [0.2, 0.25) is 0 Å². The highest BCUT2D eigenvalue weighted by Gasteiger charge is 2.36. The minimum absolute atomic E-state index is 0.647. The number of benzene rings is 1. The van der Waals surface area contributed by atoms with E-state index in [1.165, 1.54) is 25.7 Å². The summed E-state index contributed by atoms with van der Waals surface area (Å²) in [6.07, 6.45) is 5.29. The Morgan fingerprint density at radius 2 is 2.06 bits per heavy atom.